The molecule has 1 aliphatic carbocycles. The molecule has 2 aromatic carbocycles. The molecule has 200 valence electrons. The molecule has 38 heavy (non-hydrogen) atoms. The third kappa shape index (κ3) is 5.33. The molecule has 2 aliphatic rings. The van der Waals surface area contributed by atoms with Gasteiger partial charge in [-0.1, -0.05) is 43.0 Å². The molecule has 1 atom stereocenters. The van der Waals surface area contributed by atoms with E-state index in [0.717, 1.165) is 31.2 Å². The average molecular weight is 542 g/mol. The van der Waals surface area contributed by atoms with E-state index in [1.165, 1.54) is 31.9 Å². The minimum absolute atomic E-state index is 0.0863. The molecular weight excluding hydrogens is 512 g/mol. The lowest BCUT2D eigenvalue weighted by Gasteiger charge is -2.44. The van der Waals surface area contributed by atoms with Gasteiger partial charge in [-0.15, -0.1) is 0 Å². The molecular formula is C29H30ClF2N3O3. The summed E-state index contributed by atoms with van der Waals surface area (Å²) < 4.78 is 39.4. The Labute approximate surface area is 225 Å². The first-order valence-corrected chi connectivity index (χ1v) is 13.2. The van der Waals surface area contributed by atoms with Crippen LogP contribution in [0.4, 0.5) is 20.2 Å². The van der Waals surface area contributed by atoms with E-state index in [1.54, 1.807) is 12.1 Å². The second-order valence-electron chi connectivity index (χ2n) is 9.93. The molecule has 0 bridgehead atoms. The number of pyridine rings is 1. The van der Waals surface area contributed by atoms with Crippen molar-refractivity contribution < 1.29 is 23.0 Å². The molecule has 2 heterocycles. The first-order valence-electron chi connectivity index (χ1n) is 12.8. The number of anilines is 2. The van der Waals surface area contributed by atoms with Gasteiger partial charge in [0.25, 0.3) is 0 Å². The van der Waals surface area contributed by atoms with Crippen LogP contribution in [0.5, 0.6) is 0 Å². The number of carbonyl (C=O) groups excluding carboxylic acids is 1. The van der Waals surface area contributed by atoms with Crippen molar-refractivity contribution in [1.29, 1.82) is 0 Å². The number of halogens is 3. The summed E-state index contributed by atoms with van der Waals surface area (Å²) in [5.74, 6) is -2.04. The summed E-state index contributed by atoms with van der Waals surface area (Å²) >= 11 is 6.21. The number of esters is 1. The van der Waals surface area contributed by atoms with Crippen LogP contribution in [0.25, 0.3) is 0 Å². The van der Waals surface area contributed by atoms with Gasteiger partial charge in [-0.25, -0.2) is 13.6 Å². The number of nitrogens with one attached hydrogen (secondary N) is 2. The minimum atomic E-state index is -0.906. The average Bonchev–Trinajstić information content (AvgIpc) is 3.30. The third-order valence-corrected chi connectivity index (χ3v) is 7.84. The highest BCUT2D eigenvalue weighted by atomic mass is 35.5. The van der Waals surface area contributed by atoms with Crippen LogP contribution in [-0.2, 0) is 21.7 Å². The van der Waals surface area contributed by atoms with Crippen LogP contribution in [0, 0.1) is 23.5 Å². The number of hydrogen-bond donors (Lipinski definition) is 2. The zero-order valence-electron chi connectivity index (χ0n) is 21.1. The lowest BCUT2D eigenvalue weighted by atomic mass is 9.72. The molecule has 9 heteroatoms. The second kappa shape index (κ2) is 11.3. The van der Waals surface area contributed by atoms with Crippen molar-refractivity contribution in [2.75, 3.05) is 24.4 Å². The monoisotopic (exact) mass is 541 g/mol. The summed E-state index contributed by atoms with van der Waals surface area (Å²) in [6.07, 6.45) is 6.94. The molecule has 3 aromatic rings. The molecule has 0 saturated heterocycles. The van der Waals surface area contributed by atoms with Gasteiger partial charge in [0.05, 0.1) is 43.0 Å². The first-order chi connectivity index (χ1) is 18.4. The van der Waals surface area contributed by atoms with E-state index in [9.17, 15) is 13.6 Å². The zero-order valence-corrected chi connectivity index (χ0v) is 21.9. The number of rotatable bonds is 8. The van der Waals surface area contributed by atoms with Crippen molar-refractivity contribution in [2.24, 2.45) is 11.8 Å². The Bertz CT molecular complexity index is 1250. The van der Waals surface area contributed by atoms with E-state index in [-0.39, 0.29) is 12.5 Å². The molecule has 1 saturated carbocycles. The molecule has 1 fully saturated rings. The first kappa shape index (κ1) is 26.4. The normalized spacial score (nSPS) is 17.3. The largest absolute Gasteiger partial charge is 0.465 e. The van der Waals surface area contributed by atoms with Gasteiger partial charge < -0.3 is 20.1 Å². The molecule has 0 amide bonds. The number of fused-ring (bicyclic) bond motifs is 1. The molecule has 6 nitrogen and oxygen atoms in total. The van der Waals surface area contributed by atoms with E-state index < -0.39 is 23.3 Å². The van der Waals surface area contributed by atoms with Crippen LogP contribution in [0.3, 0.4) is 0 Å². The number of benzene rings is 2. The number of ether oxygens (including phenoxy) is 2. The fraction of sp³-hybridized carbons (Fsp3) is 0.379. The number of methoxy groups -OCH3 is 1. The summed E-state index contributed by atoms with van der Waals surface area (Å²) in [4.78, 5) is 16.1. The van der Waals surface area contributed by atoms with Crippen LogP contribution < -0.4 is 10.6 Å². The van der Waals surface area contributed by atoms with E-state index >= 15 is 0 Å². The van der Waals surface area contributed by atoms with Gasteiger partial charge in [-0.3, -0.25) is 4.98 Å². The smallest absolute Gasteiger partial charge is 0.339 e. The lowest BCUT2D eigenvalue weighted by molar-refractivity contribution is 0.0295. The number of hydrogen-bond acceptors (Lipinski definition) is 6. The highest BCUT2D eigenvalue weighted by Crippen LogP contribution is 2.49. The number of aromatic nitrogens is 1. The third-order valence-electron chi connectivity index (χ3n) is 7.59. The summed E-state index contributed by atoms with van der Waals surface area (Å²) in [5, 5.41) is 7.63. The van der Waals surface area contributed by atoms with Crippen LogP contribution in [-0.4, -0.2) is 24.7 Å². The van der Waals surface area contributed by atoms with Crippen molar-refractivity contribution in [3.63, 3.8) is 0 Å². The van der Waals surface area contributed by atoms with Gasteiger partial charge >= 0.3 is 5.97 Å². The predicted molar refractivity (Wildman–Crippen MR) is 142 cm³/mol. The van der Waals surface area contributed by atoms with Crippen LogP contribution >= 0.6 is 11.6 Å². The van der Waals surface area contributed by atoms with Gasteiger partial charge in [0.1, 0.15) is 5.66 Å². The Morgan fingerprint density at radius 2 is 1.71 bits per heavy atom. The van der Waals surface area contributed by atoms with Crippen LogP contribution in [0.1, 0.15) is 53.7 Å². The van der Waals surface area contributed by atoms with Crippen LogP contribution in [0.15, 0.2) is 54.7 Å². The second-order valence-corrected chi connectivity index (χ2v) is 10.4. The maximum atomic E-state index is 14.2. The van der Waals surface area contributed by atoms with Crippen molar-refractivity contribution in [2.45, 2.75) is 44.4 Å². The lowest BCUT2D eigenvalue weighted by Crippen LogP contribution is -2.51. The summed E-state index contributed by atoms with van der Waals surface area (Å²) in [6, 6.07) is 13.3. The Hall–Kier alpha value is -3.23. The summed E-state index contributed by atoms with van der Waals surface area (Å²) in [7, 11) is 1.33. The standard InChI is InChI=1S/C29H30ClF2N3O3/c1-37-28(36)19-7-12-22(33-15-19)16-38-17-23(18-5-3-2-4-6-18)29(20-8-10-21(30)11-9-20)34-26-13-24(31)25(32)14-27(26)35-29/h7-15,18,23,34-35H,2-6,16-17H2,1H3. The number of nitrogens with zero attached hydrogens (tertiary/aromatic N) is 1. The van der Waals surface area contributed by atoms with Crippen molar-refractivity contribution in [1.82, 2.24) is 4.98 Å². The molecule has 1 aromatic heterocycles. The maximum Gasteiger partial charge on any atom is 0.339 e. The quantitative estimate of drug-likeness (QED) is 0.302. The maximum absolute atomic E-state index is 14.2. The highest BCUT2D eigenvalue weighted by Gasteiger charge is 2.48. The van der Waals surface area contributed by atoms with Gasteiger partial charge in [-0.05, 0) is 48.6 Å². The topological polar surface area (TPSA) is 72.5 Å². The fourth-order valence-corrected chi connectivity index (χ4v) is 5.78. The van der Waals surface area contributed by atoms with Gasteiger partial charge in [0, 0.05) is 29.3 Å². The zero-order chi connectivity index (χ0) is 26.7. The van der Waals surface area contributed by atoms with E-state index in [4.69, 9.17) is 21.1 Å². The Balaban J connectivity index is 1.45. The van der Waals surface area contributed by atoms with Gasteiger partial charge in [-0.2, -0.15) is 0 Å². The molecule has 1 aliphatic heterocycles. The summed E-state index contributed by atoms with van der Waals surface area (Å²) in [6.45, 7) is 0.615. The minimum Gasteiger partial charge on any atom is -0.465 e. The number of carbonyl (C=O) groups is 1. The van der Waals surface area contributed by atoms with Gasteiger partial charge in [0.2, 0.25) is 0 Å². The molecule has 0 radical (unpaired) electrons. The predicted octanol–water partition coefficient (Wildman–Crippen LogP) is 6.90. The molecule has 5 rings (SSSR count). The van der Waals surface area contributed by atoms with Crippen LogP contribution in [0.2, 0.25) is 5.02 Å². The van der Waals surface area contributed by atoms with Crippen molar-refractivity contribution in [3.8, 4) is 0 Å². The summed E-state index contributed by atoms with van der Waals surface area (Å²) in [5.41, 5.74) is 2.09. The Kier molecular flexibility index (Phi) is 7.81. The molecule has 2 N–H and O–H groups in total. The van der Waals surface area contributed by atoms with E-state index in [0.29, 0.717) is 40.2 Å². The SMILES string of the molecule is COC(=O)c1ccc(COCC(C2CCCCC2)C2(c3ccc(Cl)cc3)Nc3cc(F)c(F)cc3N2)nc1. The van der Waals surface area contributed by atoms with E-state index in [2.05, 4.69) is 15.6 Å². The Morgan fingerprint density at radius 3 is 2.29 bits per heavy atom. The molecule has 1 unspecified atom stereocenters. The Morgan fingerprint density at radius 1 is 1.05 bits per heavy atom. The molecule has 0 spiro atoms. The van der Waals surface area contributed by atoms with E-state index in [1.807, 2.05) is 24.3 Å². The fourth-order valence-electron chi connectivity index (χ4n) is 5.66. The van der Waals surface area contributed by atoms with Crippen molar-refractivity contribution >= 4 is 28.9 Å². The van der Waals surface area contributed by atoms with Gasteiger partial charge in [0.15, 0.2) is 11.6 Å². The highest BCUT2D eigenvalue weighted by molar-refractivity contribution is 6.30. The van der Waals surface area contributed by atoms with Crippen molar-refractivity contribution in [3.05, 3.63) is 88.2 Å².